The fourth-order valence-corrected chi connectivity index (χ4v) is 5.54. The zero-order chi connectivity index (χ0) is 25.4. The molecule has 0 spiro atoms. The van der Waals surface area contributed by atoms with Crippen molar-refractivity contribution in [3.05, 3.63) is 53.6 Å². The van der Waals surface area contributed by atoms with Gasteiger partial charge in [0, 0.05) is 43.2 Å². The molecule has 0 radical (unpaired) electrons. The summed E-state index contributed by atoms with van der Waals surface area (Å²) in [5, 5.41) is 4.67. The number of carbonyl (C=O) groups is 2. The molecule has 0 bridgehead atoms. The topological polar surface area (TPSA) is 70.8 Å². The number of halogens is 1. The van der Waals surface area contributed by atoms with E-state index in [1.54, 1.807) is 27.7 Å². The van der Waals surface area contributed by atoms with Crippen LogP contribution in [0.3, 0.4) is 0 Å². The first-order valence-corrected chi connectivity index (χ1v) is 13.0. The van der Waals surface area contributed by atoms with Gasteiger partial charge < -0.3 is 9.80 Å². The molecule has 1 saturated heterocycles. The number of hydrogen-bond acceptors (Lipinski definition) is 4. The zero-order valence-corrected chi connectivity index (χ0v) is 21.3. The molecule has 8 heteroatoms. The molecule has 1 atom stereocenters. The molecule has 2 aliphatic rings. The number of hydrogen-bond donors (Lipinski definition) is 0. The van der Waals surface area contributed by atoms with Gasteiger partial charge in [-0.25, -0.2) is 13.9 Å². The third-order valence-corrected chi connectivity index (χ3v) is 7.61. The molecule has 2 fully saturated rings. The number of amides is 2. The number of carbonyl (C=O) groups excluding carboxylic acids is 2. The maximum atomic E-state index is 13.4. The van der Waals surface area contributed by atoms with Gasteiger partial charge in [0.2, 0.25) is 5.91 Å². The zero-order valence-electron chi connectivity index (χ0n) is 21.3. The maximum absolute atomic E-state index is 13.4. The van der Waals surface area contributed by atoms with Gasteiger partial charge in [-0.2, -0.15) is 5.10 Å². The lowest BCUT2D eigenvalue weighted by molar-refractivity contribution is -0.136. The minimum atomic E-state index is -0.297. The van der Waals surface area contributed by atoms with E-state index in [1.165, 1.54) is 25.0 Å². The SMILES string of the molecule is CC(C)c1cc(-c2ccc(F)cc2)nn2cc(C(=O)N3CCN(C(=O)CC4CCCC4)[C@@H](C)C3)nc12. The lowest BCUT2D eigenvalue weighted by Crippen LogP contribution is -2.55. The number of aromatic nitrogens is 3. The van der Waals surface area contributed by atoms with E-state index in [1.807, 2.05) is 17.9 Å². The van der Waals surface area contributed by atoms with Crippen molar-refractivity contribution < 1.29 is 14.0 Å². The van der Waals surface area contributed by atoms with Gasteiger partial charge in [-0.05, 0) is 61.9 Å². The van der Waals surface area contributed by atoms with Crippen LogP contribution in [0.25, 0.3) is 16.9 Å². The minimum Gasteiger partial charge on any atom is -0.336 e. The van der Waals surface area contributed by atoms with Crippen LogP contribution in [0.2, 0.25) is 0 Å². The second-order valence-corrected chi connectivity index (χ2v) is 10.6. The predicted octanol–water partition coefficient (Wildman–Crippen LogP) is 4.91. The summed E-state index contributed by atoms with van der Waals surface area (Å²) in [6.07, 6.45) is 7.08. The largest absolute Gasteiger partial charge is 0.336 e. The number of benzene rings is 1. The smallest absolute Gasteiger partial charge is 0.274 e. The summed E-state index contributed by atoms with van der Waals surface area (Å²) in [6, 6.07) is 8.17. The van der Waals surface area contributed by atoms with E-state index < -0.39 is 0 Å². The van der Waals surface area contributed by atoms with Crippen molar-refractivity contribution >= 4 is 17.5 Å². The summed E-state index contributed by atoms with van der Waals surface area (Å²) in [7, 11) is 0. The minimum absolute atomic E-state index is 0.0249. The second-order valence-electron chi connectivity index (χ2n) is 10.6. The maximum Gasteiger partial charge on any atom is 0.274 e. The summed E-state index contributed by atoms with van der Waals surface area (Å²) in [5.41, 5.74) is 3.47. The normalized spacial score (nSPS) is 19.0. The number of nitrogens with zero attached hydrogens (tertiary/aromatic N) is 5. The molecule has 1 saturated carbocycles. The van der Waals surface area contributed by atoms with E-state index >= 15 is 0 Å². The summed E-state index contributed by atoms with van der Waals surface area (Å²) in [5.74, 6) is 0.454. The fourth-order valence-electron chi connectivity index (χ4n) is 5.54. The highest BCUT2D eigenvalue weighted by atomic mass is 19.1. The molecule has 0 unspecified atom stereocenters. The highest BCUT2D eigenvalue weighted by molar-refractivity contribution is 5.93. The standard InChI is InChI=1S/C28H34FN5O2/c1-18(2)23-15-24(21-8-10-22(29)11-9-21)31-34-17-25(30-27(23)34)28(36)32-12-13-33(19(3)16-32)26(35)14-20-6-4-5-7-20/h8-11,15,17-20H,4-7,12-14,16H2,1-3H3/t19-/m0/s1. The first kappa shape index (κ1) is 24.4. The molecule has 1 aliphatic carbocycles. The number of piperazine rings is 1. The van der Waals surface area contributed by atoms with Gasteiger partial charge >= 0.3 is 0 Å². The average Bonchev–Trinajstić information content (AvgIpc) is 3.53. The van der Waals surface area contributed by atoms with Crippen molar-refractivity contribution in [1.29, 1.82) is 0 Å². The summed E-state index contributed by atoms with van der Waals surface area (Å²) >= 11 is 0. The third kappa shape index (κ3) is 4.86. The molecule has 5 rings (SSSR count). The van der Waals surface area contributed by atoms with E-state index in [0.717, 1.165) is 24.0 Å². The van der Waals surface area contributed by atoms with Crippen LogP contribution in [0.5, 0.6) is 0 Å². The van der Waals surface area contributed by atoms with Gasteiger partial charge in [-0.15, -0.1) is 0 Å². The Morgan fingerprint density at radius 1 is 1.11 bits per heavy atom. The molecule has 36 heavy (non-hydrogen) atoms. The summed E-state index contributed by atoms with van der Waals surface area (Å²) in [6.45, 7) is 7.71. The van der Waals surface area contributed by atoms with Gasteiger partial charge in [0.1, 0.15) is 11.5 Å². The Morgan fingerprint density at radius 3 is 2.50 bits per heavy atom. The van der Waals surface area contributed by atoms with E-state index in [9.17, 15) is 14.0 Å². The Bertz CT molecular complexity index is 1260. The molecular weight excluding hydrogens is 457 g/mol. The van der Waals surface area contributed by atoms with Crippen LogP contribution >= 0.6 is 0 Å². The number of rotatable bonds is 5. The summed E-state index contributed by atoms with van der Waals surface area (Å²) < 4.78 is 15.1. The third-order valence-electron chi connectivity index (χ3n) is 7.61. The molecule has 1 aliphatic heterocycles. The van der Waals surface area contributed by atoms with Crippen LogP contribution in [-0.2, 0) is 4.79 Å². The van der Waals surface area contributed by atoms with Crippen LogP contribution in [0, 0.1) is 11.7 Å². The molecule has 1 aromatic carbocycles. The van der Waals surface area contributed by atoms with E-state index in [0.29, 0.717) is 49.0 Å². The number of imidazole rings is 1. The van der Waals surface area contributed by atoms with Gasteiger partial charge in [-0.3, -0.25) is 9.59 Å². The molecule has 190 valence electrons. The Hall–Kier alpha value is -3.29. The van der Waals surface area contributed by atoms with Gasteiger partial charge in [-0.1, -0.05) is 26.7 Å². The molecule has 7 nitrogen and oxygen atoms in total. The van der Waals surface area contributed by atoms with Gasteiger partial charge in [0.15, 0.2) is 5.65 Å². The van der Waals surface area contributed by atoms with Crippen LogP contribution in [-0.4, -0.2) is 61.9 Å². The Balaban J connectivity index is 1.35. The van der Waals surface area contributed by atoms with Crippen molar-refractivity contribution in [3.8, 4) is 11.3 Å². The van der Waals surface area contributed by atoms with Gasteiger partial charge in [0.05, 0.1) is 11.9 Å². The molecule has 2 amide bonds. The van der Waals surface area contributed by atoms with E-state index in [2.05, 4.69) is 23.9 Å². The lowest BCUT2D eigenvalue weighted by atomic mass is 10.0. The predicted molar refractivity (Wildman–Crippen MR) is 136 cm³/mol. The molecule has 3 aromatic rings. The Morgan fingerprint density at radius 2 is 1.83 bits per heavy atom. The first-order chi connectivity index (χ1) is 17.3. The lowest BCUT2D eigenvalue weighted by Gasteiger charge is -2.40. The average molecular weight is 492 g/mol. The van der Waals surface area contributed by atoms with Crippen LogP contribution in [0.4, 0.5) is 4.39 Å². The van der Waals surface area contributed by atoms with E-state index in [4.69, 9.17) is 0 Å². The number of fused-ring (bicyclic) bond motifs is 1. The fraction of sp³-hybridized carbons (Fsp3) is 0.500. The van der Waals surface area contributed by atoms with Gasteiger partial charge in [0.25, 0.3) is 5.91 Å². The molecule has 2 aromatic heterocycles. The monoisotopic (exact) mass is 491 g/mol. The highest BCUT2D eigenvalue weighted by Gasteiger charge is 2.32. The highest BCUT2D eigenvalue weighted by Crippen LogP contribution is 2.29. The molecule has 0 N–H and O–H groups in total. The first-order valence-electron chi connectivity index (χ1n) is 13.0. The summed E-state index contributed by atoms with van der Waals surface area (Å²) in [4.78, 5) is 34.7. The van der Waals surface area contributed by atoms with Crippen LogP contribution in [0.15, 0.2) is 36.5 Å². The second kappa shape index (κ2) is 9.99. The van der Waals surface area contributed by atoms with Crippen molar-refractivity contribution in [1.82, 2.24) is 24.4 Å². The van der Waals surface area contributed by atoms with Crippen molar-refractivity contribution in [2.75, 3.05) is 19.6 Å². The quantitative estimate of drug-likeness (QED) is 0.508. The van der Waals surface area contributed by atoms with Crippen LogP contribution in [0.1, 0.15) is 74.8 Å². The van der Waals surface area contributed by atoms with Crippen molar-refractivity contribution in [2.45, 2.75) is 64.8 Å². The molecular formula is C28H34FN5O2. The molecule has 3 heterocycles. The Kier molecular flexibility index (Phi) is 6.77. The van der Waals surface area contributed by atoms with Crippen LogP contribution < -0.4 is 0 Å². The Labute approximate surface area is 211 Å². The van der Waals surface area contributed by atoms with Crippen molar-refractivity contribution in [3.63, 3.8) is 0 Å². The van der Waals surface area contributed by atoms with E-state index in [-0.39, 0.29) is 29.6 Å². The van der Waals surface area contributed by atoms with Crippen molar-refractivity contribution in [2.24, 2.45) is 5.92 Å².